The van der Waals surface area contributed by atoms with Crippen molar-refractivity contribution in [2.45, 2.75) is 65.2 Å². The Morgan fingerprint density at radius 3 is 2.64 bits per heavy atom. The largest absolute Gasteiger partial charge is 0.394 e. The van der Waals surface area contributed by atoms with Gasteiger partial charge in [-0.15, -0.1) is 0 Å². The zero-order valence-electron chi connectivity index (χ0n) is 27.1. The van der Waals surface area contributed by atoms with Crippen molar-refractivity contribution in [3.63, 3.8) is 0 Å². The molecule has 1 aromatic carbocycles. The van der Waals surface area contributed by atoms with E-state index in [4.69, 9.17) is 0 Å². The molecule has 1 aliphatic carbocycles. The van der Waals surface area contributed by atoms with Crippen LogP contribution in [0.15, 0.2) is 72.2 Å². The highest BCUT2D eigenvalue weighted by atomic mass is 19.1. The van der Waals surface area contributed by atoms with Crippen molar-refractivity contribution in [1.82, 2.24) is 29.2 Å². The minimum absolute atomic E-state index is 0.0493. The van der Waals surface area contributed by atoms with Crippen molar-refractivity contribution in [3.8, 4) is 11.1 Å². The van der Waals surface area contributed by atoms with Gasteiger partial charge in [0.2, 0.25) is 0 Å². The average molecular weight is 636 g/mol. The fraction of sp³-hybridized carbons (Fsp3) is 0.405. The van der Waals surface area contributed by atoms with Gasteiger partial charge in [-0.2, -0.15) is 5.10 Å². The fourth-order valence-corrected chi connectivity index (χ4v) is 6.99. The molecule has 0 radical (unpaired) electrons. The minimum atomic E-state index is -0.449. The number of aromatic nitrogens is 5. The second-order valence-electron chi connectivity index (χ2n) is 13.3. The van der Waals surface area contributed by atoms with Crippen LogP contribution in [0, 0.1) is 25.6 Å². The van der Waals surface area contributed by atoms with Crippen molar-refractivity contribution in [2.75, 3.05) is 31.1 Å². The van der Waals surface area contributed by atoms with Gasteiger partial charge in [0.1, 0.15) is 5.82 Å². The summed E-state index contributed by atoms with van der Waals surface area (Å²) in [5.74, 6) is -0.0273. The number of fused-ring (bicyclic) bond motifs is 1. The molecule has 0 spiro atoms. The average Bonchev–Trinajstić information content (AvgIpc) is 3.80. The molecule has 0 amide bonds. The maximum absolute atomic E-state index is 15.7. The Morgan fingerprint density at radius 2 is 1.87 bits per heavy atom. The fourth-order valence-electron chi connectivity index (χ4n) is 6.99. The molecule has 9 nitrogen and oxygen atoms in total. The molecule has 10 heteroatoms. The highest BCUT2D eigenvalue weighted by Gasteiger charge is 2.28. The molecule has 5 aromatic rings. The number of aliphatic hydroxyl groups excluding tert-OH is 1. The van der Waals surface area contributed by atoms with Gasteiger partial charge in [0.05, 0.1) is 36.7 Å². The van der Waals surface area contributed by atoms with E-state index < -0.39 is 5.82 Å². The molecule has 2 fully saturated rings. The van der Waals surface area contributed by atoms with E-state index in [-0.39, 0.29) is 12.0 Å². The number of rotatable bonds is 11. The first-order valence-electron chi connectivity index (χ1n) is 16.7. The summed E-state index contributed by atoms with van der Waals surface area (Å²) in [4.78, 5) is 27.9. The lowest BCUT2D eigenvalue weighted by Gasteiger charge is -2.37. The Balaban J connectivity index is 1.21. The second-order valence-corrected chi connectivity index (χ2v) is 13.3. The van der Waals surface area contributed by atoms with E-state index in [1.54, 1.807) is 23.1 Å². The molecule has 47 heavy (non-hydrogen) atoms. The maximum atomic E-state index is 15.7. The number of halogens is 1. The minimum Gasteiger partial charge on any atom is -0.394 e. The third kappa shape index (κ3) is 6.99. The first-order valence-corrected chi connectivity index (χ1v) is 16.7. The van der Waals surface area contributed by atoms with Crippen LogP contribution in [-0.2, 0) is 19.6 Å². The van der Waals surface area contributed by atoms with Gasteiger partial charge in [-0.1, -0.05) is 0 Å². The zero-order valence-corrected chi connectivity index (χ0v) is 27.1. The third-order valence-electron chi connectivity index (χ3n) is 9.47. The lowest BCUT2D eigenvalue weighted by molar-refractivity contribution is 0.200. The highest BCUT2D eigenvalue weighted by molar-refractivity contribution is 5.85. The second kappa shape index (κ2) is 13.4. The Morgan fingerprint density at radius 1 is 1.00 bits per heavy atom. The molecule has 2 aliphatic rings. The Labute approximate surface area is 274 Å². The Bertz CT molecular complexity index is 1930. The molecular formula is C37H42FN7O2. The van der Waals surface area contributed by atoms with Crippen molar-refractivity contribution in [3.05, 3.63) is 106 Å². The van der Waals surface area contributed by atoms with Gasteiger partial charge >= 0.3 is 0 Å². The summed E-state index contributed by atoms with van der Waals surface area (Å²) in [5, 5.41) is 14.0. The standard InChI is InChI=1S/C37H42FN7O2/c1-25-5-6-32(18-40-25)43-11-3-4-28(21-43)20-42(19-27-9-10-39-26(2)14-27)22-30-24-45(31-7-8-31)36-16-33(35(38)15-34(36)37(30)47)29-17-41-44(23-29)12-13-46/h5-6,9-10,14-18,23-24,28,31,46H,3-4,7-8,11-13,19-22H2,1-2H3/t28-/m1/s1. The Kier molecular flexibility index (Phi) is 8.88. The molecule has 1 saturated carbocycles. The lowest BCUT2D eigenvalue weighted by Crippen LogP contribution is -2.41. The molecule has 5 heterocycles. The SMILES string of the molecule is Cc1ccc(N2CCC[C@H](CN(Cc3ccnc(C)c3)Cc3cn(C4CC4)c4cc(-c5cnn(CCO)c5)c(F)cc4c3=O)C2)cn1. The molecule has 7 rings (SSSR count). The summed E-state index contributed by atoms with van der Waals surface area (Å²) in [7, 11) is 0. The predicted octanol–water partition coefficient (Wildman–Crippen LogP) is 5.66. The van der Waals surface area contributed by atoms with Gasteiger partial charge in [0.25, 0.3) is 0 Å². The van der Waals surface area contributed by atoms with Crippen LogP contribution in [0.3, 0.4) is 0 Å². The number of hydrogen-bond acceptors (Lipinski definition) is 7. The van der Waals surface area contributed by atoms with Crippen LogP contribution < -0.4 is 10.3 Å². The van der Waals surface area contributed by atoms with Gasteiger partial charge < -0.3 is 14.6 Å². The summed E-state index contributed by atoms with van der Waals surface area (Å²) in [6.45, 7) is 8.24. The van der Waals surface area contributed by atoms with E-state index in [9.17, 15) is 9.90 Å². The number of aryl methyl sites for hydroxylation is 2. The highest BCUT2D eigenvalue weighted by Crippen LogP contribution is 2.38. The van der Waals surface area contributed by atoms with Crippen LogP contribution >= 0.6 is 0 Å². The lowest BCUT2D eigenvalue weighted by atomic mass is 9.96. The van der Waals surface area contributed by atoms with E-state index in [0.29, 0.717) is 53.7 Å². The molecular weight excluding hydrogens is 593 g/mol. The number of anilines is 1. The van der Waals surface area contributed by atoms with E-state index in [2.05, 4.69) is 47.6 Å². The summed E-state index contributed by atoms with van der Waals surface area (Å²) in [6, 6.07) is 11.9. The van der Waals surface area contributed by atoms with Crippen LogP contribution in [-0.4, -0.2) is 60.6 Å². The van der Waals surface area contributed by atoms with Gasteiger partial charge in [-0.3, -0.25) is 24.3 Å². The molecule has 0 unspecified atom stereocenters. The van der Waals surface area contributed by atoms with Crippen LogP contribution in [0.1, 0.15) is 54.2 Å². The van der Waals surface area contributed by atoms with Gasteiger partial charge in [-0.25, -0.2) is 4.39 Å². The van der Waals surface area contributed by atoms with E-state index >= 15 is 4.39 Å². The van der Waals surface area contributed by atoms with Crippen LogP contribution in [0.25, 0.3) is 22.0 Å². The van der Waals surface area contributed by atoms with E-state index in [0.717, 1.165) is 73.5 Å². The smallest absolute Gasteiger partial charge is 0.193 e. The Hall–Kier alpha value is -4.41. The molecule has 1 saturated heterocycles. The number of benzene rings is 1. The molecule has 1 aliphatic heterocycles. The van der Waals surface area contributed by atoms with Gasteiger partial charge in [0, 0.05) is 90.8 Å². The van der Waals surface area contributed by atoms with Crippen molar-refractivity contribution < 1.29 is 9.50 Å². The molecule has 0 bridgehead atoms. The summed E-state index contributed by atoms with van der Waals surface area (Å²) in [6.07, 6.45) is 13.5. The maximum Gasteiger partial charge on any atom is 0.193 e. The molecule has 244 valence electrons. The first kappa shape index (κ1) is 31.2. The topological polar surface area (TPSA) is 92.3 Å². The number of hydrogen-bond donors (Lipinski definition) is 1. The van der Waals surface area contributed by atoms with E-state index in [1.807, 2.05) is 38.5 Å². The molecule has 4 aromatic heterocycles. The van der Waals surface area contributed by atoms with Crippen LogP contribution in [0.2, 0.25) is 0 Å². The summed E-state index contributed by atoms with van der Waals surface area (Å²) in [5.41, 5.74) is 6.64. The van der Waals surface area contributed by atoms with E-state index in [1.165, 1.54) is 6.07 Å². The monoisotopic (exact) mass is 635 g/mol. The van der Waals surface area contributed by atoms with Gasteiger partial charge in [0.15, 0.2) is 5.43 Å². The zero-order chi connectivity index (χ0) is 32.5. The number of nitrogens with zero attached hydrogens (tertiary/aromatic N) is 7. The number of aliphatic hydroxyl groups is 1. The number of pyridine rings is 3. The molecule has 1 N–H and O–H groups in total. The van der Waals surface area contributed by atoms with Crippen LogP contribution in [0.5, 0.6) is 0 Å². The van der Waals surface area contributed by atoms with Crippen molar-refractivity contribution in [1.29, 1.82) is 0 Å². The summed E-state index contributed by atoms with van der Waals surface area (Å²) >= 11 is 0. The first-order chi connectivity index (χ1) is 22.8. The number of piperidine rings is 1. The third-order valence-corrected chi connectivity index (χ3v) is 9.47. The summed E-state index contributed by atoms with van der Waals surface area (Å²) < 4.78 is 19.5. The predicted molar refractivity (Wildman–Crippen MR) is 182 cm³/mol. The quantitative estimate of drug-likeness (QED) is 0.200. The van der Waals surface area contributed by atoms with Gasteiger partial charge in [-0.05, 0) is 87.4 Å². The van der Waals surface area contributed by atoms with Crippen molar-refractivity contribution >= 4 is 16.6 Å². The van der Waals surface area contributed by atoms with Crippen molar-refractivity contribution in [2.24, 2.45) is 5.92 Å². The van der Waals surface area contributed by atoms with Crippen LogP contribution in [0.4, 0.5) is 10.1 Å². The molecule has 1 atom stereocenters. The normalized spacial score (nSPS) is 16.8.